The number of aromatic hydroxyl groups is 1. The lowest BCUT2D eigenvalue weighted by Gasteiger charge is -2.10. The molecular formula is C25H21BrN4O6. The molecule has 0 saturated carbocycles. The maximum atomic E-state index is 12.3. The Morgan fingerprint density at radius 3 is 2.53 bits per heavy atom. The molecule has 184 valence electrons. The normalized spacial score (nSPS) is 11.1. The molecule has 0 bridgehead atoms. The molecule has 2 aromatic carbocycles. The van der Waals surface area contributed by atoms with Crippen LogP contribution in [0.1, 0.15) is 33.3 Å². The maximum Gasteiger partial charge on any atom is 0.312 e. The second-order valence-electron chi connectivity index (χ2n) is 7.83. The fourth-order valence-electron chi connectivity index (χ4n) is 3.54. The molecule has 36 heavy (non-hydrogen) atoms. The zero-order valence-corrected chi connectivity index (χ0v) is 20.9. The number of nitro groups is 1. The molecule has 4 rings (SSSR count). The zero-order valence-electron chi connectivity index (χ0n) is 19.3. The standard InChI is InChI=1S/C25H21BrN4O6/c1-15-3-4-16(2)29(15)18-5-7-19(8-6-18)35-14-20-9-10-23(36-20)25(32)28-27-13-17-11-21(26)24(31)22(12-17)30(33)34/h3-13,31H,14H2,1-2H3,(H,28,32)/b27-13+. The average molecular weight is 553 g/mol. The number of nitrogens with zero attached hydrogens (tertiary/aromatic N) is 3. The number of halogens is 1. The summed E-state index contributed by atoms with van der Waals surface area (Å²) in [5.41, 5.74) is 5.42. The number of aromatic nitrogens is 1. The third kappa shape index (κ3) is 5.47. The van der Waals surface area contributed by atoms with Gasteiger partial charge in [-0.05, 0) is 84.4 Å². The average Bonchev–Trinajstić information content (AvgIpc) is 3.46. The molecule has 0 saturated heterocycles. The molecule has 0 atom stereocenters. The summed E-state index contributed by atoms with van der Waals surface area (Å²) >= 11 is 3.04. The number of carbonyl (C=O) groups is 1. The number of carbonyl (C=O) groups excluding carboxylic acids is 1. The summed E-state index contributed by atoms with van der Waals surface area (Å²) in [7, 11) is 0. The molecule has 0 spiro atoms. The first-order valence-electron chi connectivity index (χ1n) is 10.7. The first-order chi connectivity index (χ1) is 17.2. The number of amides is 1. The molecule has 2 aromatic heterocycles. The van der Waals surface area contributed by atoms with Crippen molar-refractivity contribution >= 4 is 33.7 Å². The van der Waals surface area contributed by atoms with Crippen molar-refractivity contribution in [3.8, 4) is 17.2 Å². The van der Waals surface area contributed by atoms with Crippen molar-refractivity contribution in [3.05, 3.63) is 104 Å². The van der Waals surface area contributed by atoms with Gasteiger partial charge in [-0.3, -0.25) is 14.9 Å². The summed E-state index contributed by atoms with van der Waals surface area (Å²) in [6.07, 6.45) is 1.21. The Kier molecular flexibility index (Phi) is 7.20. The quantitative estimate of drug-likeness (QED) is 0.171. The third-order valence-corrected chi connectivity index (χ3v) is 5.88. The third-order valence-electron chi connectivity index (χ3n) is 5.27. The van der Waals surface area contributed by atoms with Crippen molar-refractivity contribution in [3.63, 3.8) is 0 Å². The Balaban J connectivity index is 1.33. The second kappa shape index (κ2) is 10.5. The molecule has 11 heteroatoms. The van der Waals surface area contributed by atoms with E-state index in [2.05, 4.69) is 43.2 Å². The summed E-state index contributed by atoms with van der Waals surface area (Å²) in [4.78, 5) is 22.6. The predicted molar refractivity (Wildman–Crippen MR) is 136 cm³/mol. The minimum Gasteiger partial charge on any atom is -0.501 e. The molecule has 0 unspecified atom stereocenters. The lowest BCUT2D eigenvalue weighted by atomic mass is 10.2. The van der Waals surface area contributed by atoms with Gasteiger partial charge in [0.25, 0.3) is 0 Å². The number of hydrogen-bond donors (Lipinski definition) is 2. The van der Waals surface area contributed by atoms with Gasteiger partial charge in [-0.1, -0.05) is 0 Å². The molecule has 2 heterocycles. The van der Waals surface area contributed by atoms with Gasteiger partial charge in [-0.25, -0.2) is 5.43 Å². The van der Waals surface area contributed by atoms with Crippen LogP contribution in [0.2, 0.25) is 0 Å². The van der Waals surface area contributed by atoms with E-state index in [1.165, 1.54) is 18.3 Å². The van der Waals surface area contributed by atoms with E-state index < -0.39 is 22.3 Å². The van der Waals surface area contributed by atoms with Gasteiger partial charge in [-0.2, -0.15) is 5.10 Å². The number of nitrogens with one attached hydrogen (secondary N) is 1. The second-order valence-corrected chi connectivity index (χ2v) is 8.68. The minimum absolute atomic E-state index is 0.0255. The van der Waals surface area contributed by atoms with Gasteiger partial charge >= 0.3 is 11.6 Å². The highest BCUT2D eigenvalue weighted by Gasteiger charge is 2.17. The Morgan fingerprint density at radius 1 is 1.17 bits per heavy atom. The van der Waals surface area contributed by atoms with Crippen LogP contribution in [-0.4, -0.2) is 26.7 Å². The van der Waals surface area contributed by atoms with E-state index >= 15 is 0 Å². The summed E-state index contributed by atoms with van der Waals surface area (Å²) in [5, 5.41) is 24.5. The molecule has 10 nitrogen and oxygen atoms in total. The topological polar surface area (TPSA) is 132 Å². The lowest BCUT2D eigenvalue weighted by molar-refractivity contribution is -0.386. The number of phenols is 1. The number of nitro benzene ring substituents is 1. The van der Waals surface area contributed by atoms with Crippen LogP contribution in [0, 0.1) is 24.0 Å². The molecule has 4 aromatic rings. The van der Waals surface area contributed by atoms with E-state index in [-0.39, 0.29) is 16.8 Å². The number of phenolic OH excluding ortho intramolecular Hbond substituents is 1. The maximum absolute atomic E-state index is 12.3. The van der Waals surface area contributed by atoms with E-state index in [4.69, 9.17) is 9.15 Å². The molecule has 0 fully saturated rings. The fraction of sp³-hybridized carbons (Fsp3) is 0.120. The van der Waals surface area contributed by atoms with Gasteiger partial charge in [0.1, 0.15) is 18.1 Å². The van der Waals surface area contributed by atoms with Crippen LogP contribution in [0.5, 0.6) is 11.5 Å². The van der Waals surface area contributed by atoms with E-state index in [1.807, 2.05) is 38.1 Å². The van der Waals surface area contributed by atoms with Gasteiger partial charge in [0.2, 0.25) is 5.75 Å². The number of rotatable bonds is 8. The first-order valence-corrected chi connectivity index (χ1v) is 11.5. The monoisotopic (exact) mass is 552 g/mol. The van der Waals surface area contributed by atoms with Crippen molar-refractivity contribution in [1.29, 1.82) is 0 Å². The Labute approximate surface area is 214 Å². The number of hydrogen-bond acceptors (Lipinski definition) is 7. The summed E-state index contributed by atoms with van der Waals surface area (Å²) in [6.45, 7) is 4.22. The molecule has 0 aliphatic heterocycles. The predicted octanol–water partition coefficient (Wildman–Crippen LogP) is 5.41. The highest BCUT2D eigenvalue weighted by molar-refractivity contribution is 9.10. The molecule has 2 N–H and O–H groups in total. The Bertz CT molecular complexity index is 1440. The number of ether oxygens (including phenoxy) is 1. The van der Waals surface area contributed by atoms with Gasteiger partial charge in [0, 0.05) is 28.7 Å². The largest absolute Gasteiger partial charge is 0.501 e. The molecule has 0 aliphatic rings. The van der Waals surface area contributed by atoms with Crippen LogP contribution >= 0.6 is 15.9 Å². The summed E-state index contributed by atoms with van der Waals surface area (Å²) in [5.74, 6) is 0.0310. The van der Waals surface area contributed by atoms with E-state index in [1.54, 1.807) is 6.07 Å². The van der Waals surface area contributed by atoms with Crippen LogP contribution < -0.4 is 10.2 Å². The number of benzene rings is 2. The van der Waals surface area contributed by atoms with Gasteiger partial charge in [0.05, 0.1) is 15.6 Å². The van der Waals surface area contributed by atoms with E-state index in [0.717, 1.165) is 23.1 Å². The smallest absolute Gasteiger partial charge is 0.312 e. The Hall–Kier alpha value is -4.38. The van der Waals surface area contributed by atoms with E-state index in [0.29, 0.717) is 17.1 Å². The van der Waals surface area contributed by atoms with Crippen LogP contribution in [0.4, 0.5) is 5.69 Å². The number of hydrazone groups is 1. The van der Waals surface area contributed by atoms with Crippen LogP contribution in [0.3, 0.4) is 0 Å². The van der Waals surface area contributed by atoms with Crippen LogP contribution in [0.25, 0.3) is 5.69 Å². The lowest BCUT2D eigenvalue weighted by Crippen LogP contribution is -2.16. The fourth-order valence-corrected chi connectivity index (χ4v) is 4.01. The molecule has 1 amide bonds. The van der Waals surface area contributed by atoms with E-state index in [9.17, 15) is 20.0 Å². The van der Waals surface area contributed by atoms with Crippen molar-refractivity contribution in [2.24, 2.45) is 5.10 Å². The van der Waals surface area contributed by atoms with Gasteiger partial charge in [-0.15, -0.1) is 0 Å². The van der Waals surface area contributed by atoms with Crippen molar-refractivity contribution in [1.82, 2.24) is 9.99 Å². The van der Waals surface area contributed by atoms with Crippen molar-refractivity contribution in [2.75, 3.05) is 0 Å². The number of furan rings is 1. The van der Waals surface area contributed by atoms with Gasteiger partial charge in [0.15, 0.2) is 5.76 Å². The minimum atomic E-state index is -0.721. The van der Waals surface area contributed by atoms with Crippen molar-refractivity contribution in [2.45, 2.75) is 20.5 Å². The Morgan fingerprint density at radius 2 is 1.86 bits per heavy atom. The van der Waals surface area contributed by atoms with Crippen molar-refractivity contribution < 1.29 is 24.0 Å². The highest BCUT2D eigenvalue weighted by atomic mass is 79.9. The SMILES string of the molecule is Cc1ccc(C)n1-c1ccc(OCc2ccc(C(=O)N/N=C/c3cc(Br)c(O)c([N+](=O)[O-])c3)o2)cc1. The first kappa shape index (κ1) is 24.7. The van der Waals surface area contributed by atoms with Crippen LogP contribution in [0.15, 0.2) is 74.7 Å². The zero-order chi connectivity index (χ0) is 25.8. The molecule has 0 aliphatic carbocycles. The summed E-state index contributed by atoms with van der Waals surface area (Å²) < 4.78 is 13.6. The summed E-state index contributed by atoms with van der Waals surface area (Å²) in [6, 6.07) is 17.5. The molecule has 0 radical (unpaired) electrons. The molecular weight excluding hydrogens is 532 g/mol. The van der Waals surface area contributed by atoms with Crippen LogP contribution in [-0.2, 0) is 6.61 Å². The number of aryl methyl sites for hydroxylation is 2. The highest BCUT2D eigenvalue weighted by Crippen LogP contribution is 2.34. The van der Waals surface area contributed by atoms with Gasteiger partial charge < -0.3 is 18.8 Å².